The summed E-state index contributed by atoms with van der Waals surface area (Å²) >= 11 is 0. The summed E-state index contributed by atoms with van der Waals surface area (Å²) in [6.07, 6.45) is 5.34. The van der Waals surface area contributed by atoms with Crippen molar-refractivity contribution in [3.05, 3.63) is 0 Å². The maximum absolute atomic E-state index is 11.1. The molecule has 11 heteroatoms. The lowest BCUT2D eigenvalue weighted by atomic mass is 9.86. The zero-order valence-corrected chi connectivity index (χ0v) is 16.0. The van der Waals surface area contributed by atoms with Gasteiger partial charge in [-0.25, -0.2) is 5.43 Å². The van der Waals surface area contributed by atoms with Gasteiger partial charge in [-0.2, -0.15) is 0 Å². The number of carboxylic acid groups (broad SMARTS) is 2. The monoisotopic (exact) mass is 399 g/mol. The molecule has 0 bridgehead atoms. The van der Waals surface area contributed by atoms with Crippen molar-refractivity contribution in [2.45, 2.75) is 82.3 Å². The summed E-state index contributed by atoms with van der Waals surface area (Å²) in [6.45, 7) is 0. The van der Waals surface area contributed by atoms with E-state index in [1.54, 1.807) is 0 Å². The maximum Gasteiger partial charge on any atom is 0.306 e. The molecule has 1 aliphatic heterocycles. The van der Waals surface area contributed by atoms with Crippen LogP contribution in [0.25, 0.3) is 0 Å². The molecule has 160 valence electrons. The number of aliphatic carboxylic acids is 2. The van der Waals surface area contributed by atoms with Crippen LogP contribution in [0.1, 0.15) is 51.4 Å². The van der Waals surface area contributed by atoms with Crippen LogP contribution in [0.2, 0.25) is 0 Å². The Kier molecular flexibility index (Phi) is 7.57. The van der Waals surface area contributed by atoms with E-state index < -0.39 is 11.9 Å². The zero-order valence-electron chi connectivity index (χ0n) is 16.0. The third-order valence-electron chi connectivity index (χ3n) is 6.12. The first-order valence-corrected chi connectivity index (χ1v) is 10.2. The van der Waals surface area contributed by atoms with E-state index in [0.717, 1.165) is 25.7 Å². The average Bonchev–Trinajstić information content (AvgIpc) is 2.68. The summed E-state index contributed by atoms with van der Waals surface area (Å²) in [6, 6.07) is 0.479. The third-order valence-corrected chi connectivity index (χ3v) is 6.12. The normalized spacial score (nSPS) is 39.4. The fraction of sp³-hybridized carbons (Fsp3) is 0.882. The fourth-order valence-electron chi connectivity index (χ4n) is 4.42. The van der Waals surface area contributed by atoms with Gasteiger partial charge in [-0.1, -0.05) is 0 Å². The second-order valence-electron chi connectivity index (χ2n) is 8.07. The van der Waals surface area contributed by atoms with Gasteiger partial charge in [-0.05, 0) is 51.4 Å². The maximum atomic E-state index is 11.1. The van der Waals surface area contributed by atoms with Gasteiger partial charge in [0, 0.05) is 12.1 Å². The molecule has 2 unspecified atom stereocenters. The molecule has 1 saturated heterocycles. The van der Waals surface area contributed by atoms with E-state index in [9.17, 15) is 9.59 Å². The van der Waals surface area contributed by atoms with E-state index >= 15 is 0 Å². The van der Waals surface area contributed by atoms with Gasteiger partial charge in [0.1, 0.15) is 18.9 Å². The Morgan fingerprint density at radius 1 is 0.679 bits per heavy atom. The van der Waals surface area contributed by atoms with Crippen molar-refractivity contribution in [1.29, 1.82) is 0 Å². The molecule has 0 spiro atoms. The Bertz CT molecular complexity index is 492. The van der Waals surface area contributed by atoms with Crippen LogP contribution in [0.15, 0.2) is 0 Å². The topological polar surface area (TPSA) is 173 Å². The lowest BCUT2D eigenvalue weighted by Gasteiger charge is -2.42. The SMILES string of the molecule is NNC1NC(NC2CCC(C(=O)O)CC2)NC(NC2CCC(C(=O)O)CC2)N1. The van der Waals surface area contributed by atoms with E-state index in [-0.39, 0.29) is 42.8 Å². The second kappa shape index (κ2) is 9.92. The molecule has 11 nitrogen and oxygen atoms in total. The molecule has 2 aliphatic carbocycles. The van der Waals surface area contributed by atoms with Crippen LogP contribution in [-0.4, -0.2) is 53.1 Å². The highest BCUT2D eigenvalue weighted by atomic mass is 16.4. The van der Waals surface area contributed by atoms with Crippen LogP contribution in [0.3, 0.4) is 0 Å². The second-order valence-corrected chi connectivity index (χ2v) is 8.07. The average molecular weight is 399 g/mol. The minimum absolute atomic E-state index is 0.193. The molecule has 0 radical (unpaired) electrons. The van der Waals surface area contributed by atoms with Crippen molar-refractivity contribution in [2.75, 3.05) is 0 Å². The van der Waals surface area contributed by atoms with Crippen LogP contribution >= 0.6 is 0 Å². The zero-order chi connectivity index (χ0) is 20.1. The van der Waals surface area contributed by atoms with Crippen molar-refractivity contribution in [3.8, 4) is 0 Å². The van der Waals surface area contributed by atoms with Crippen molar-refractivity contribution in [2.24, 2.45) is 17.7 Å². The Morgan fingerprint density at radius 2 is 1.04 bits per heavy atom. The number of nitrogens with one attached hydrogen (secondary N) is 6. The lowest BCUT2D eigenvalue weighted by molar-refractivity contribution is -0.143. The Morgan fingerprint density at radius 3 is 1.36 bits per heavy atom. The van der Waals surface area contributed by atoms with Gasteiger partial charge in [0.05, 0.1) is 11.8 Å². The molecule has 0 aromatic carbocycles. The predicted octanol–water partition coefficient (Wildman–Crippen LogP) is -1.45. The molecule has 0 aromatic heterocycles. The number of rotatable bonds is 7. The summed E-state index contributed by atoms with van der Waals surface area (Å²) in [5.41, 5.74) is 2.68. The summed E-state index contributed by atoms with van der Waals surface area (Å²) in [5.74, 6) is 3.73. The number of carbonyl (C=O) groups is 2. The Labute approximate surface area is 164 Å². The number of hydrazine groups is 1. The van der Waals surface area contributed by atoms with E-state index in [4.69, 9.17) is 16.1 Å². The highest BCUT2D eigenvalue weighted by molar-refractivity contribution is 5.70. The van der Waals surface area contributed by atoms with Crippen LogP contribution in [0.5, 0.6) is 0 Å². The molecule has 0 aromatic rings. The van der Waals surface area contributed by atoms with Crippen LogP contribution < -0.4 is 37.9 Å². The molecule has 1 heterocycles. The Balaban J connectivity index is 1.46. The Hall–Kier alpha value is -1.34. The van der Waals surface area contributed by atoms with Crippen LogP contribution in [0, 0.1) is 11.8 Å². The molecule has 28 heavy (non-hydrogen) atoms. The number of nitrogens with two attached hydrogens (primary N) is 1. The molecule has 0 amide bonds. The highest BCUT2D eigenvalue weighted by Crippen LogP contribution is 2.25. The number of carboxylic acids is 2. The first-order valence-electron chi connectivity index (χ1n) is 10.2. The van der Waals surface area contributed by atoms with Crippen molar-refractivity contribution in [1.82, 2.24) is 32.0 Å². The van der Waals surface area contributed by atoms with Crippen molar-refractivity contribution < 1.29 is 19.8 Å². The molecule has 2 saturated carbocycles. The fourth-order valence-corrected chi connectivity index (χ4v) is 4.42. The van der Waals surface area contributed by atoms with E-state index in [0.29, 0.717) is 25.7 Å². The molecule has 3 aliphatic rings. The number of hydrogen-bond donors (Lipinski definition) is 9. The molecule has 3 fully saturated rings. The minimum atomic E-state index is -0.703. The largest absolute Gasteiger partial charge is 0.481 e. The number of hydrogen-bond acceptors (Lipinski definition) is 9. The quantitative estimate of drug-likeness (QED) is 0.181. The third kappa shape index (κ3) is 5.83. The molecular formula is C17H33N7O4. The summed E-state index contributed by atoms with van der Waals surface area (Å²) in [4.78, 5) is 22.2. The minimum Gasteiger partial charge on any atom is -0.481 e. The van der Waals surface area contributed by atoms with E-state index in [1.807, 2.05) is 0 Å². The van der Waals surface area contributed by atoms with Gasteiger partial charge in [-0.3, -0.25) is 42.0 Å². The first-order chi connectivity index (χ1) is 13.4. The lowest BCUT2D eigenvalue weighted by Crippen LogP contribution is -2.79. The van der Waals surface area contributed by atoms with Gasteiger partial charge < -0.3 is 10.2 Å². The van der Waals surface area contributed by atoms with E-state index in [2.05, 4.69) is 32.0 Å². The summed E-state index contributed by atoms with van der Waals surface area (Å²) in [5, 5.41) is 35.2. The van der Waals surface area contributed by atoms with Crippen LogP contribution in [-0.2, 0) is 9.59 Å². The standard InChI is InChI=1S/C17H33N7O4/c18-24-17-22-15(19-11-5-1-9(2-6-11)13(25)26)21-16(23-17)20-12-7-3-10(4-8-12)14(27)28/h9-12,15-17,19-24H,1-8,18H2,(H,25,26)(H,27,28). The molecule has 2 atom stereocenters. The first kappa shape index (κ1) is 21.4. The van der Waals surface area contributed by atoms with Gasteiger partial charge in [0.2, 0.25) is 0 Å². The van der Waals surface area contributed by atoms with Gasteiger partial charge in [-0.15, -0.1) is 0 Å². The van der Waals surface area contributed by atoms with Crippen molar-refractivity contribution >= 4 is 11.9 Å². The molecule has 10 N–H and O–H groups in total. The van der Waals surface area contributed by atoms with Gasteiger partial charge in [0.15, 0.2) is 0 Å². The van der Waals surface area contributed by atoms with E-state index in [1.165, 1.54) is 0 Å². The van der Waals surface area contributed by atoms with Crippen molar-refractivity contribution in [3.63, 3.8) is 0 Å². The van der Waals surface area contributed by atoms with Gasteiger partial charge in [0.25, 0.3) is 0 Å². The van der Waals surface area contributed by atoms with Crippen LogP contribution in [0.4, 0.5) is 0 Å². The molecule has 3 rings (SSSR count). The summed E-state index contributed by atoms with van der Waals surface area (Å²) < 4.78 is 0. The smallest absolute Gasteiger partial charge is 0.306 e. The molecular weight excluding hydrogens is 366 g/mol. The van der Waals surface area contributed by atoms with Gasteiger partial charge >= 0.3 is 11.9 Å². The summed E-state index contributed by atoms with van der Waals surface area (Å²) in [7, 11) is 0. The highest BCUT2D eigenvalue weighted by Gasteiger charge is 2.33. The predicted molar refractivity (Wildman–Crippen MR) is 101 cm³/mol.